The molecule has 3 rings (SSSR count). The van der Waals surface area contributed by atoms with Crippen molar-refractivity contribution in [3.8, 4) is 0 Å². The first-order valence-electron chi connectivity index (χ1n) is 8.34. The van der Waals surface area contributed by atoms with Gasteiger partial charge in [-0.1, -0.05) is 18.2 Å². The molecular weight excluding hydrogens is 320 g/mol. The molecule has 1 amide bonds. The van der Waals surface area contributed by atoms with E-state index in [9.17, 15) is 4.79 Å². The summed E-state index contributed by atoms with van der Waals surface area (Å²) >= 11 is 0. The van der Waals surface area contributed by atoms with Crippen LogP contribution in [0.15, 0.2) is 36.5 Å². The van der Waals surface area contributed by atoms with E-state index < -0.39 is 0 Å². The molecular formula is C17H22N6O2. The van der Waals surface area contributed by atoms with Gasteiger partial charge in [-0.2, -0.15) is 10.1 Å². The summed E-state index contributed by atoms with van der Waals surface area (Å²) in [6.45, 7) is 4.67. The highest BCUT2D eigenvalue weighted by Gasteiger charge is 2.24. The smallest absolute Gasteiger partial charge is 0.409 e. The number of carbonyl (C=O) groups excluding carboxylic acids is 1. The molecule has 0 bridgehead atoms. The van der Waals surface area contributed by atoms with Crippen molar-refractivity contribution in [2.45, 2.75) is 6.92 Å². The van der Waals surface area contributed by atoms with Gasteiger partial charge < -0.3 is 19.4 Å². The largest absolute Gasteiger partial charge is 0.450 e. The van der Waals surface area contributed by atoms with Gasteiger partial charge in [-0.25, -0.2) is 4.79 Å². The van der Waals surface area contributed by atoms with Gasteiger partial charge in [0.05, 0.1) is 12.8 Å². The van der Waals surface area contributed by atoms with Crippen molar-refractivity contribution in [3.05, 3.63) is 36.5 Å². The number of carbonyl (C=O) groups is 1. The highest BCUT2D eigenvalue weighted by molar-refractivity contribution is 5.68. The highest BCUT2D eigenvalue weighted by atomic mass is 16.6. The quantitative estimate of drug-likeness (QED) is 0.840. The second-order valence-electron chi connectivity index (χ2n) is 5.68. The van der Waals surface area contributed by atoms with Crippen LogP contribution in [0.5, 0.6) is 0 Å². The lowest BCUT2D eigenvalue weighted by Gasteiger charge is -2.34. The fourth-order valence-corrected chi connectivity index (χ4v) is 2.67. The SMILES string of the molecule is CCOC(=O)N1CCN(c2nncc(N(C)c3ccccc3)n2)CC1. The maximum absolute atomic E-state index is 11.8. The zero-order valence-corrected chi connectivity index (χ0v) is 14.5. The minimum Gasteiger partial charge on any atom is -0.450 e. The van der Waals surface area contributed by atoms with Gasteiger partial charge in [0.1, 0.15) is 0 Å². The Labute approximate surface area is 147 Å². The van der Waals surface area contributed by atoms with Crippen molar-refractivity contribution in [1.82, 2.24) is 20.1 Å². The number of aromatic nitrogens is 3. The number of hydrogen-bond acceptors (Lipinski definition) is 7. The third-order valence-electron chi connectivity index (χ3n) is 4.11. The number of amides is 1. The summed E-state index contributed by atoms with van der Waals surface area (Å²) in [5.74, 6) is 1.30. The Morgan fingerprint density at radius 2 is 1.92 bits per heavy atom. The standard InChI is InChI=1S/C17H22N6O2/c1-3-25-17(24)23-11-9-22(10-12-23)16-19-15(13-18-20-16)21(2)14-7-5-4-6-8-14/h4-8,13H,3,9-12H2,1-2H3. The summed E-state index contributed by atoms with van der Waals surface area (Å²) < 4.78 is 5.04. The van der Waals surface area contributed by atoms with Crippen LogP contribution in [-0.2, 0) is 4.74 Å². The van der Waals surface area contributed by atoms with Gasteiger partial charge >= 0.3 is 6.09 Å². The highest BCUT2D eigenvalue weighted by Crippen LogP contribution is 2.22. The number of rotatable bonds is 4. The average Bonchev–Trinajstić information content (AvgIpc) is 2.68. The van der Waals surface area contributed by atoms with Gasteiger partial charge in [0.2, 0.25) is 5.95 Å². The molecule has 1 aliphatic rings. The number of piperazine rings is 1. The molecule has 1 aromatic heterocycles. The molecule has 8 heteroatoms. The zero-order chi connectivity index (χ0) is 17.6. The molecule has 2 aromatic rings. The summed E-state index contributed by atoms with van der Waals surface area (Å²) in [6, 6.07) is 9.97. The van der Waals surface area contributed by atoms with Gasteiger partial charge in [-0.3, -0.25) is 0 Å². The molecule has 1 aliphatic heterocycles. The van der Waals surface area contributed by atoms with Gasteiger partial charge in [0, 0.05) is 38.9 Å². The van der Waals surface area contributed by atoms with E-state index in [2.05, 4.69) is 15.2 Å². The van der Waals surface area contributed by atoms with Crippen LogP contribution in [0.25, 0.3) is 0 Å². The minimum atomic E-state index is -0.265. The maximum Gasteiger partial charge on any atom is 0.409 e. The van der Waals surface area contributed by atoms with Crippen molar-refractivity contribution < 1.29 is 9.53 Å². The topological polar surface area (TPSA) is 74.7 Å². The average molecular weight is 342 g/mol. The third-order valence-corrected chi connectivity index (χ3v) is 4.11. The number of nitrogens with zero attached hydrogens (tertiary/aromatic N) is 6. The molecule has 132 valence electrons. The number of anilines is 3. The van der Waals surface area contributed by atoms with E-state index in [1.54, 1.807) is 11.1 Å². The van der Waals surface area contributed by atoms with Crippen LogP contribution >= 0.6 is 0 Å². The Kier molecular flexibility index (Phi) is 5.27. The lowest BCUT2D eigenvalue weighted by molar-refractivity contribution is 0.105. The molecule has 2 heterocycles. The zero-order valence-electron chi connectivity index (χ0n) is 14.5. The Morgan fingerprint density at radius 3 is 2.60 bits per heavy atom. The van der Waals surface area contributed by atoms with Crippen molar-refractivity contribution in [2.75, 3.05) is 49.6 Å². The predicted octanol–water partition coefficient (Wildman–Crippen LogP) is 1.92. The Morgan fingerprint density at radius 1 is 1.20 bits per heavy atom. The summed E-state index contributed by atoms with van der Waals surface area (Å²) in [6.07, 6.45) is 1.38. The number of para-hydroxylation sites is 1. The molecule has 0 unspecified atom stereocenters. The van der Waals surface area contributed by atoms with Crippen LogP contribution < -0.4 is 9.80 Å². The van der Waals surface area contributed by atoms with E-state index in [4.69, 9.17) is 4.74 Å². The van der Waals surface area contributed by atoms with Gasteiger partial charge in [-0.15, -0.1) is 5.10 Å². The molecule has 25 heavy (non-hydrogen) atoms. The first-order chi connectivity index (χ1) is 12.2. The van der Waals surface area contributed by atoms with Crippen molar-refractivity contribution >= 4 is 23.5 Å². The van der Waals surface area contributed by atoms with Crippen molar-refractivity contribution in [2.24, 2.45) is 0 Å². The number of hydrogen-bond donors (Lipinski definition) is 0. The van der Waals surface area contributed by atoms with E-state index in [1.165, 1.54) is 0 Å². The lowest BCUT2D eigenvalue weighted by atomic mass is 10.3. The fourth-order valence-electron chi connectivity index (χ4n) is 2.67. The lowest BCUT2D eigenvalue weighted by Crippen LogP contribution is -2.49. The Balaban J connectivity index is 1.67. The minimum absolute atomic E-state index is 0.265. The molecule has 8 nitrogen and oxygen atoms in total. The van der Waals surface area contributed by atoms with Crippen LogP contribution in [0, 0.1) is 0 Å². The number of ether oxygens (including phenoxy) is 1. The second kappa shape index (κ2) is 7.78. The van der Waals surface area contributed by atoms with E-state index in [-0.39, 0.29) is 6.09 Å². The molecule has 0 N–H and O–H groups in total. The summed E-state index contributed by atoms with van der Waals surface area (Å²) in [5.41, 5.74) is 1.03. The van der Waals surface area contributed by atoms with E-state index >= 15 is 0 Å². The fraction of sp³-hybridized carbons (Fsp3) is 0.412. The summed E-state index contributed by atoms with van der Waals surface area (Å²) in [5, 5.41) is 8.24. The maximum atomic E-state index is 11.8. The van der Waals surface area contributed by atoms with Gasteiger partial charge in [-0.05, 0) is 19.1 Å². The summed E-state index contributed by atoms with van der Waals surface area (Å²) in [7, 11) is 1.95. The predicted molar refractivity (Wildman–Crippen MR) is 95.1 cm³/mol. The second-order valence-corrected chi connectivity index (χ2v) is 5.68. The van der Waals surface area contributed by atoms with Crippen LogP contribution in [-0.4, -0.2) is 66.0 Å². The van der Waals surface area contributed by atoms with E-state index in [1.807, 2.05) is 54.1 Å². The van der Waals surface area contributed by atoms with Gasteiger partial charge in [0.15, 0.2) is 5.82 Å². The Bertz CT molecular complexity index is 703. The number of benzene rings is 1. The molecule has 1 aromatic carbocycles. The molecule has 0 spiro atoms. The van der Waals surface area contributed by atoms with Crippen LogP contribution in [0.1, 0.15) is 6.92 Å². The molecule has 0 atom stereocenters. The van der Waals surface area contributed by atoms with Crippen molar-refractivity contribution in [1.29, 1.82) is 0 Å². The van der Waals surface area contributed by atoms with E-state index in [0.717, 1.165) is 11.5 Å². The normalized spacial score (nSPS) is 14.3. The van der Waals surface area contributed by atoms with Crippen LogP contribution in [0.4, 0.5) is 22.2 Å². The molecule has 1 saturated heterocycles. The van der Waals surface area contributed by atoms with E-state index in [0.29, 0.717) is 38.7 Å². The third kappa shape index (κ3) is 3.96. The Hall–Kier alpha value is -2.90. The molecule has 1 fully saturated rings. The summed E-state index contributed by atoms with van der Waals surface area (Å²) in [4.78, 5) is 22.1. The van der Waals surface area contributed by atoms with Crippen LogP contribution in [0.2, 0.25) is 0 Å². The van der Waals surface area contributed by atoms with Gasteiger partial charge in [0.25, 0.3) is 0 Å². The first-order valence-corrected chi connectivity index (χ1v) is 8.34. The molecule has 0 radical (unpaired) electrons. The van der Waals surface area contributed by atoms with Crippen molar-refractivity contribution in [3.63, 3.8) is 0 Å². The van der Waals surface area contributed by atoms with Crippen LogP contribution in [0.3, 0.4) is 0 Å². The monoisotopic (exact) mass is 342 g/mol. The molecule has 0 saturated carbocycles. The first kappa shape index (κ1) is 16.9. The molecule has 0 aliphatic carbocycles.